The molecule has 1 aromatic heterocycles. The van der Waals surface area contributed by atoms with Crippen molar-refractivity contribution in [2.24, 2.45) is 5.73 Å². The number of ether oxygens (including phenoxy) is 1. The largest absolute Gasteiger partial charge is 0.487 e. The molecule has 0 aliphatic heterocycles. The quantitative estimate of drug-likeness (QED) is 0.909. The number of halogens is 2. The second kappa shape index (κ2) is 6.81. The predicted octanol–water partition coefficient (Wildman–Crippen LogP) is 3.37. The van der Waals surface area contributed by atoms with E-state index in [-0.39, 0.29) is 12.4 Å². The molecule has 2 N–H and O–H groups in total. The summed E-state index contributed by atoms with van der Waals surface area (Å²) in [5, 5.41) is 0. The van der Waals surface area contributed by atoms with Crippen LogP contribution in [0.3, 0.4) is 0 Å². The molecule has 0 amide bonds. The maximum absolute atomic E-state index is 13.6. The summed E-state index contributed by atoms with van der Waals surface area (Å²) in [4.78, 5) is 4.41. The van der Waals surface area contributed by atoms with E-state index in [1.54, 1.807) is 12.1 Å². The van der Waals surface area contributed by atoms with Gasteiger partial charge in [0.25, 0.3) is 0 Å². The third kappa shape index (κ3) is 3.77. The van der Waals surface area contributed by atoms with Gasteiger partial charge in [-0.25, -0.2) is 4.39 Å². The van der Waals surface area contributed by atoms with Gasteiger partial charge >= 0.3 is 0 Å². The molecule has 106 valence electrons. The Hall–Kier alpha value is -1.46. The number of pyridine rings is 1. The Kier molecular flexibility index (Phi) is 5.09. The molecule has 0 radical (unpaired) electrons. The monoisotopic (exact) mass is 338 g/mol. The van der Waals surface area contributed by atoms with E-state index < -0.39 is 0 Å². The maximum atomic E-state index is 13.6. The molecule has 2 rings (SSSR count). The normalized spacial score (nSPS) is 10.6. The van der Waals surface area contributed by atoms with Crippen LogP contribution < -0.4 is 10.5 Å². The summed E-state index contributed by atoms with van der Waals surface area (Å²) in [7, 11) is 0. The fourth-order valence-electron chi connectivity index (χ4n) is 1.85. The van der Waals surface area contributed by atoms with Crippen molar-refractivity contribution in [2.75, 3.05) is 6.54 Å². The van der Waals surface area contributed by atoms with Gasteiger partial charge in [0.05, 0.1) is 5.69 Å². The van der Waals surface area contributed by atoms with Crippen molar-refractivity contribution in [3.8, 4) is 5.75 Å². The molecule has 0 atom stereocenters. The Bertz CT molecular complexity index is 604. The van der Waals surface area contributed by atoms with Gasteiger partial charge in [-0.1, -0.05) is 15.9 Å². The zero-order valence-corrected chi connectivity index (χ0v) is 12.8. The second-order valence-electron chi connectivity index (χ2n) is 4.46. The van der Waals surface area contributed by atoms with E-state index in [4.69, 9.17) is 10.5 Å². The molecule has 5 heteroatoms. The van der Waals surface area contributed by atoms with Crippen LogP contribution in [-0.2, 0) is 13.0 Å². The molecule has 0 unspecified atom stereocenters. The lowest BCUT2D eigenvalue weighted by molar-refractivity contribution is 0.295. The first-order chi connectivity index (χ1) is 9.60. The third-order valence-corrected chi connectivity index (χ3v) is 3.34. The second-order valence-corrected chi connectivity index (χ2v) is 5.38. The summed E-state index contributed by atoms with van der Waals surface area (Å²) in [5.74, 6) is 0.370. The smallest absolute Gasteiger partial charge is 0.141 e. The highest BCUT2D eigenvalue weighted by molar-refractivity contribution is 9.10. The van der Waals surface area contributed by atoms with Gasteiger partial charge in [0.2, 0.25) is 0 Å². The highest BCUT2D eigenvalue weighted by Crippen LogP contribution is 2.21. The van der Waals surface area contributed by atoms with Gasteiger partial charge in [0.15, 0.2) is 0 Å². The lowest BCUT2D eigenvalue weighted by Crippen LogP contribution is -2.08. The van der Waals surface area contributed by atoms with Gasteiger partial charge in [-0.2, -0.15) is 0 Å². The van der Waals surface area contributed by atoms with Gasteiger partial charge in [-0.15, -0.1) is 0 Å². The minimum Gasteiger partial charge on any atom is -0.487 e. The molecule has 2 aromatic rings. The van der Waals surface area contributed by atoms with E-state index >= 15 is 0 Å². The van der Waals surface area contributed by atoms with Crippen LogP contribution >= 0.6 is 15.9 Å². The third-order valence-electron chi connectivity index (χ3n) is 2.84. The summed E-state index contributed by atoms with van der Waals surface area (Å²) in [6, 6.07) is 8.50. The highest BCUT2D eigenvalue weighted by Gasteiger charge is 2.08. The number of hydrogen-bond donors (Lipinski definition) is 1. The Labute approximate surface area is 126 Å². The van der Waals surface area contributed by atoms with Gasteiger partial charge < -0.3 is 10.5 Å². The molecule has 3 nitrogen and oxygen atoms in total. The van der Waals surface area contributed by atoms with Crippen molar-refractivity contribution in [3.05, 3.63) is 57.6 Å². The lowest BCUT2D eigenvalue weighted by Gasteiger charge is -2.11. The first-order valence-corrected chi connectivity index (χ1v) is 7.13. The predicted molar refractivity (Wildman–Crippen MR) is 80.2 cm³/mol. The zero-order valence-electron chi connectivity index (χ0n) is 11.2. The molecule has 0 saturated carbocycles. The number of hydrogen-bond acceptors (Lipinski definition) is 3. The van der Waals surface area contributed by atoms with E-state index in [2.05, 4.69) is 20.9 Å². The number of nitrogens with two attached hydrogens (primary N) is 1. The first kappa shape index (κ1) is 14.9. The Morgan fingerprint density at radius 2 is 2.10 bits per heavy atom. The molecule has 0 bridgehead atoms. The van der Waals surface area contributed by atoms with Crippen LogP contribution in [0.4, 0.5) is 4.39 Å². The average Bonchev–Trinajstić information content (AvgIpc) is 2.42. The van der Waals surface area contributed by atoms with Crippen molar-refractivity contribution in [3.63, 3.8) is 0 Å². The molecule has 1 aromatic carbocycles. The van der Waals surface area contributed by atoms with Crippen molar-refractivity contribution >= 4 is 15.9 Å². The summed E-state index contributed by atoms with van der Waals surface area (Å²) in [5.41, 5.74) is 7.79. The van der Waals surface area contributed by atoms with Crippen molar-refractivity contribution in [1.29, 1.82) is 0 Å². The minimum absolute atomic E-state index is 0.160. The van der Waals surface area contributed by atoms with Crippen molar-refractivity contribution < 1.29 is 9.13 Å². The van der Waals surface area contributed by atoms with E-state index in [1.807, 2.05) is 19.1 Å². The molecule has 0 aliphatic carbocycles. The number of aryl methyl sites for hydroxylation is 1. The van der Waals surface area contributed by atoms with Gasteiger partial charge in [0, 0.05) is 22.2 Å². The maximum Gasteiger partial charge on any atom is 0.141 e. The van der Waals surface area contributed by atoms with Crippen LogP contribution in [0, 0.1) is 12.7 Å². The molecule has 0 spiro atoms. The minimum atomic E-state index is -0.284. The van der Waals surface area contributed by atoms with Crippen LogP contribution in [0.5, 0.6) is 5.75 Å². The van der Waals surface area contributed by atoms with Crippen LogP contribution in [0.25, 0.3) is 0 Å². The molecular formula is C15H16BrFN2O. The Morgan fingerprint density at radius 1 is 1.30 bits per heavy atom. The van der Waals surface area contributed by atoms with Crippen LogP contribution in [0.2, 0.25) is 0 Å². The number of nitrogens with zero attached hydrogens (tertiary/aromatic N) is 1. The van der Waals surface area contributed by atoms with Crippen molar-refractivity contribution in [1.82, 2.24) is 4.98 Å². The molecule has 1 heterocycles. The summed E-state index contributed by atoms with van der Waals surface area (Å²) in [6.07, 6.45) is 0.637. The molecule has 0 fully saturated rings. The van der Waals surface area contributed by atoms with Gasteiger partial charge in [-0.3, -0.25) is 4.98 Å². The van der Waals surface area contributed by atoms with E-state index in [9.17, 15) is 4.39 Å². The SMILES string of the molecule is Cc1ccc(OCc2cc(Br)ccc2F)c(CCN)n1. The highest BCUT2D eigenvalue weighted by atomic mass is 79.9. The first-order valence-electron chi connectivity index (χ1n) is 6.33. The van der Waals surface area contributed by atoms with E-state index in [0.717, 1.165) is 15.9 Å². The van der Waals surface area contributed by atoms with Crippen molar-refractivity contribution in [2.45, 2.75) is 20.0 Å². The Morgan fingerprint density at radius 3 is 2.85 bits per heavy atom. The van der Waals surface area contributed by atoms with Crippen LogP contribution in [-0.4, -0.2) is 11.5 Å². The van der Waals surface area contributed by atoms with Crippen LogP contribution in [0.15, 0.2) is 34.8 Å². The number of rotatable bonds is 5. The summed E-state index contributed by atoms with van der Waals surface area (Å²) in [6.45, 7) is 2.57. The number of aromatic nitrogens is 1. The Balaban J connectivity index is 2.16. The van der Waals surface area contributed by atoms with E-state index in [1.165, 1.54) is 6.07 Å². The van der Waals surface area contributed by atoms with Gasteiger partial charge in [0.1, 0.15) is 18.2 Å². The molecule has 0 aliphatic rings. The summed E-state index contributed by atoms with van der Waals surface area (Å²) < 4.78 is 20.2. The van der Waals surface area contributed by atoms with Gasteiger partial charge in [-0.05, 0) is 43.8 Å². The fraction of sp³-hybridized carbons (Fsp3) is 0.267. The summed E-state index contributed by atoms with van der Waals surface area (Å²) >= 11 is 3.32. The molecular weight excluding hydrogens is 323 g/mol. The standard InChI is InChI=1S/C15H16BrFN2O/c1-10-2-5-15(14(19-10)6-7-18)20-9-11-8-12(16)3-4-13(11)17/h2-5,8H,6-7,9,18H2,1H3. The average molecular weight is 339 g/mol. The fourth-order valence-corrected chi connectivity index (χ4v) is 2.26. The topological polar surface area (TPSA) is 48.1 Å². The number of benzene rings is 1. The molecule has 20 heavy (non-hydrogen) atoms. The molecule has 0 saturated heterocycles. The van der Waals surface area contributed by atoms with Crippen LogP contribution in [0.1, 0.15) is 17.0 Å². The lowest BCUT2D eigenvalue weighted by atomic mass is 10.2. The van der Waals surface area contributed by atoms with E-state index in [0.29, 0.717) is 24.3 Å². The zero-order chi connectivity index (χ0) is 14.5.